The number of ether oxygens (including phenoxy) is 1. The average Bonchev–Trinajstić information content (AvgIpc) is 2.46. The van der Waals surface area contributed by atoms with Gasteiger partial charge in [-0.3, -0.25) is 9.69 Å². The van der Waals surface area contributed by atoms with Crippen molar-refractivity contribution in [3.05, 3.63) is 0 Å². The fourth-order valence-corrected chi connectivity index (χ4v) is 2.64. The lowest BCUT2D eigenvalue weighted by molar-refractivity contribution is -0.157. The van der Waals surface area contributed by atoms with Crippen LogP contribution < -0.4 is 0 Å². The van der Waals surface area contributed by atoms with Crippen molar-refractivity contribution < 1.29 is 9.53 Å². The standard InChI is InChI=1S/C18H37NO2/c1-5-8-9-10-11-12-13-14-15-16-18(20)21-17(4)19(6-2)7-3/h17H,5-16H2,1-4H3. The zero-order valence-electron chi connectivity index (χ0n) is 14.8. The molecule has 1 atom stereocenters. The fourth-order valence-electron chi connectivity index (χ4n) is 2.64. The summed E-state index contributed by atoms with van der Waals surface area (Å²) < 4.78 is 5.45. The van der Waals surface area contributed by atoms with Crippen LogP contribution in [0.3, 0.4) is 0 Å². The minimum Gasteiger partial charge on any atom is -0.447 e. The number of unbranched alkanes of at least 4 members (excludes halogenated alkanes) is 8. The van der Waals surface area contributed by atoms with Gasteiger partial charge >= 0.3 is 5.97 Å². The molecule has 0 saturated carbocycles. The molecule has 0 bridgehead atoms. The van der Waals surface area contributed by atoms with Crippen LogP contribution in [0.2, 0.25) is 0 Å². The Bertz CT molecular complexity index is 239. The Morgan fingerprint density at radius 2 is 1.33 bits per heavy atom. The van der Waals surface area contributed by atoms with Crippen LogP contribution in [0, 0.1) is 0 Å². The van der Waals surface area contributed by atoms with Crippen molar-refractivity contribution in [2.75, 3.05) is 13.1 Å². The van der Waals surface area contributed by atoms with Crippen LogP contribution in [0.5, 0.6) is 0 Å². The molecule has 21 heavy (non-hydrogen) atoms. The molecular formula is C18H37NO2. The van der Waals surface area contributed by atoms with Gasteiger partial charge in [0.1, 0.15) is 0 Å². The van der Waals surface area contributed by atoms with E-state index in [9.17, 15) is 4.79 Å². The molecule has 0 aliphatic rings. The molecule has 0 aliphatic carbocycles. The molecular weight excluding hydrogens is 262 g/mol. The highest BCUT2D eigenvalue weighted by Crippen LogP contribution is 2.11. The predicted molar refractivity (Wildman–Crippen MR) is 90.3 cm³/mol. The van der Waals surface area contributed by atoms with Crippen LogP contribution in [-0.4, -0.2) is 30.2 Å². The van der Waals surface area contributed by atoms with Crippen molar-refractivity contribution in [1.29, 1.82) is 0 Å². The molecule has 0 fully saturated rings. The number of carbonyl (C=O) groups excluding carboxylic acids is 1. The van der Waals surface area contributed by atoms with Crippen LogP contribution in [0.1, 0.15) is 91.9 Å². The van der Waals surface area contributed by atoms with Crippen molar-refractivity contribution >= 4 is 5.97 Å². The van der Waals surface area contributed by atoms with Crippen molar-refractivity contribution in [1.82, 2.24) is 4.90 Å². The maximum atomic E-state index is 11.7. The van der Waals surface area contributed by atoms with E-state index in [-0.39, 0.29) is 12.2 Å². The minimum absolute atomic E-state index is 0.0441. The van der Waals surface area contributed by atoms with E-state index >= 15 is 0 Å². The summed E-state index contributed by atoms with van der Waals surface area (Å²) in [7, 11) is 0. The highest BCUT2D eigenvalue weighted by Gasteiger charge is 2.14. The van der Waals surface area contributed by atoms with Crippen molar-refractivity contribution in [2.24, 2.45) is 0 Å². The topological polar surface area (TPSA) is 29.5 Å². The molecule has 0 amide bonds. The van der Waals surface area contributed by atoms with Crippen LogP contribution in [0.4, 0.5) is 0 Å². The molecule has 0 aliphatic heterocycles. The second kappa shape index (κ2) is 14.4. The molecule has 1 unspecified atom stereocenters. The second-order valence-electron chi connectivity index (χ2n) is 5.89. The number of rotatable bonds is 14. The molecule has 0 heterocycles. The second-order valence-corrected chi connectivity index (χ2v) is 5.89. The van der Waals surface area contributed by atoms with E-state index < -0.39 is 0 Å². The summed E-state index contributed by atoms with van der Waals surface area (Å²) in [5.74, 6) is -0.0441. The van der Waals surface area contributed by atoms with Crippen LogP contribution in [0.25, 0.3) is 0 Å². The molecule has 0 aromatic carbocycles. The Kier molecular flexibility index (Phi) is 14.0. The summed E-state index contributed by atoms with van der Waals surface area (Å²) in [5.41, 5.74) is 0. The molecule has 3 nitrogen and oxygen atoms in total. The van der Waals surface area contributed by atoms with E-state index in [1.165, 1.54) is 44.9 Å². The van der Waals surface area contributed by atoms with Gasteiger partial charge in [0.25, 0.3) is 0 Å². The Hall–Kier alpha value is -0.570. The van der Waals surface area contributed by atoms with Gasteiger partial charge in [-0.25, -0.2) is 0 Å². The number of hydrogen-bond acceptors (Lipinski definition) is 3. The molecule has 3 heteroatoms. The quantitative estimate of drug-likeness (QED) is 0.253. The third-order valence-corrected chi connectivity index (χ3v) is 4.11. The lowest BCUT2D eigenvalue weighted by atomic mass is 10.1. The molecule has 0 aromatic heterocycles. The van der Waals surface area contributed by atoms with Crippen LogP contribution in [-0.2, 0) is 9.53 Å². The maximum absolute atomic E-state index is 11.7. The Balaban J connectivity index is 3.45. The van der Waals surface area contributed by atoms with E-state index in [1.54, 1.807) is 0 Å². The summed E-state index contributed by atoms with van der Waals surface area (Å²) in [4.78, 5) is 13.9. The van der Waals surface area contributed by atoms with Gasteiger partial charge in [-0.2, -0.15) is 0 Å². The molecule has 126 valence electrons. The van der Waals surface area contributed by atoms with E-state index in [2.05, 4.69) is 25.7 Å². The molecule has 0 rings (SSSR count). The van der Waals surface area contributed by atoms with Crippen LogP contribution >= 0.6 is 0 Å². The number of hydrogen-bond donors (Lipinski definition) is 0. The van der Waals surface area contributed by atoms with E-state index in [0.29, 0.717) is 6.42 Å². The third kappa shape index (κ3) is 11.7. The van der Waals surface area contributed by atoms with Gasteiger partial charge in [0.2, 0.25) is 0 Å². The first-order valence-corrected chi connectivity index (χ1v) is 9.09. The normalized spacial score (nSPS) is 12.6. The number of esters is 1. The SMILES string of the molecule is CCCCCCCCCCCC(=O)OC(C)N(CC)CC. The van der Waals surface area contributed by atoms with Gasteiger partial charge in [0.05, 0.1) is 0 Å². The van der Waals surface area contributed by atoms with Gasteiger partial charge in [-0.15, -0.1) is 0 Å². The Labute approximate surface area is 132 Å². The highest BCUT2D eigenvalue weighted by atomic mass is 16.6. The first kappa shape index (κ1) is 20.4. The first-order chi connectivity index (χ1) is 10.2. The minimum atomic E-state index is -0.0916. The number of nitrogens with zero attached hydrogens (tertiary/aromatic N) is 1. The summed E-state index contributed by atoms with van der Waals surface area (Å²) in [6.45, 7) is 10.2. The third-order valence-electron chi connectivity index (χ3n) is 4.11. The average molecular weight is 299 g/mol. The predicted octanol–water partition coefficient (Wildman–Crippen LogP) is 5.14. The Morgan fingerprint density at radius 3 is 1.81 bits per heavy atom. The molecule has 0 N–H and O–H groups in total. The molecule has 0 spiro atoms. The van der Waals surface area contributed by atoms with Gasteiger partial charge < -0.3 is 4.74 Å². The van der Waals surface area contributed by atoms with Crippen molar-refractivity contribution in [2.45, 2.75) is 98.1 Å². The maximum Gasteiger partial charge on any atom is 0.307 e. The van der Waals surface area contributed by atoms with E-state index in [1.807, 2.05) is 6.92 Å². The van der Waals surface area contributed by atoms with E-state index in [0.717, 1.165) is 25.9 Å². The summed E-state index contributed by atoms with van der Waals surface area (Å²) in [6, 6.07) is 0. The summed E-state index contributed by atoms with van der Waals surface area (Å²) >= 11 is 0. The van der Waals surface area contributed by atoms with Crippen LogP contribution in [0.15, 0.2) is 0 Å². The van der Waals surface area contributed by atoms with Gasteiger partial charge in [-0.05, 0) is 26.4 Å². The summed E-state index contributed by atoms with van der Waals surface area (Å²) in [5, 5.41) is 0. The highest BCUT2D eigenvalue weighted by molar-refractivity contribution is 5.69. The van der Waals surface area contributed by atoms with Gasteiger partial charge in [0, 0.05) is 6.42 Å². The van der Waals surface area contributed by atoms with Gasteiger partial charge in [-0.1, -0.05) is 72.1 Å². The number of carbonyl (C=O) groups is 1. The summed E-state index contributed by atoms with van der Waals surface area (Å²) in [6.07, 6.45) is 12.0. The van der Waals surface area contributed by atoms with Gasteiger partial charge in [0.15, 0.2) is 6.23 Å². The van der Waals surface area contributed by atoms with E-state index in [4.69, 9.17) is 4.74 Å². The molecule has 0 saturated heterocycles. The zero-order chi connectivity index (χ0) is 15.9. The lowest BCUT2D eigenvalue weighted by Crippen LogP contribution is -2.36. The lowest BCUT2D eigenvalue weighted by Gasteiger charge is -2.25. The smallest absolute Gasteiger partial charge is 0.307 e. The molecule has 0 radical (unpaired) electrons. The van der Waals surface area contributed by atoms with Crippen molar-refractivity contribution in [3.63, 3.8) is 0 Å². The zero-order valence-corrected chi connectivity index (χ0v) is 14.8. The molecule has 0 aromatic rings. The first-order valence-electron chi connectivity index (χ1n) is 9.09. The monoisotopic (exact) mass is 299 g/mol. The Morgan fingerprint density at radius 1 is 0.857 bits per heavy atom. The largest absolute Gasteiger partial charge is 0.447 e. The fraction of sp³-hybridized carbons (Fsp3) is 0.944. The van der Waals surface area contributed by atoms with Crippen molar-refractivity contribution in [3.8, 4) is 0 Å².